The zero-order chi connectivity index (χ0) is 25.0. The molecule has 4 rings (SSSR count). The van der Waals surface area contributed by atoms with Crippen LogP contribution in [0, 0.1) is 12.3 Å². The maximum atomic E-state index is 12.4. The van der Waals surface area contributed by atoms with Crippen molar-refractivity contribution in [1.82, 2.24) is 20.0 Å². The summed E-state index contributed by atoms with van der Waals surface area (Å²) in [6.07, 6.45) is 6.08. The van der Waals surface area contributed by atoms with Crippen LogP contribution in [0.2, 0.25) is 0 Å². The van der Waals surface area contributed by atoms with Crippen molar-refractivity contribution in [3.05, 3.63) is 58.0 Å². The minimum Gasteiger partial charge on any atom is -0.372 e. The number of urea groups is 1. The number of hydrogen-bond donors (Lipinski definition) is 2. The van der Waals surface area contributed by atoms with Gasteiger partial charge in [-0.2, -0.15) is 0 Å². The van der Waals surface area contributed by atoms with Gasteiger partial charge in [-0.3, -0.25) is 29.7 Å². The first-order chi connectivity index (χ1) is 16.1. The average Bonchev–Trinajstić information content (AvgIpc) is 3.03. The van der Waals surface area contributed by atoms with Crippen LogP contribution >= 0.6 is 0 Å². The van der Waals surface area contributed by atoms with Gasteiger partial charge in [0, 0.05) is 21.1 Å². The molecule has 2 N–H and O–H groups in total. The number of amides is 4. The number of aromatic nitrogens is 2. The fraction of sp³-hybridized carbons (Fsp3) is 0.440. The molecule has 0 saturated carbocycles. The van der Waals surface area contributed by atoms with E-state index in [1.54, 1.807) is 11.6 Å². The van der Waals surface area contributed by atoms with Gasteiger partial charge < -0.3 is 4.90 Å². The summed E-state index contributed by atoms with van der Waals surface area (Å²) in [5.74, 6) is -0.969. The van der Waals surface area contributed by atoms with Crippen molar-refractivity contribution >= 4 is 23.5 Å². The molecule has 1 aromatic carbocycles. The van der Waals surface area contributed by atoms with Gasteiger partial charge in [-0.1, -0.05) is 31.2 Å². The highest BCUT2D eigenvalue weighted by Gasteiger charge is 2.51. The van der Waals surface area contributed by atoms with Crippen LogP contribution in [0.25, 0.3) is 5.69 Å². The molecule has 1 saturated heterocycles. The van der Waals surface area contributed by atoms with Gasteiger partial charge >= 0.3 is 6.03 Å². The number of rotatable bonds is 4. The third-order valence-corrected chi connectivity index (χ3v) is 6.57. The standard InChI is InChI=1S/C13H17N3O.C12H16N2O3/c1-10-12(14(2)3)13(17)16(15(10)4)11-8-6-5-7-9-11;1-2-12(8-6-4-3-5-7-8)9(15)13-11(17)14-10(12)16/h5-9H,1-4H3;6H,2-5,7H2,1H3,(H2,13,14,15,16,17). The van der Waals surface area contributed by atoms with E-state index in [-0.39, 0.29) is 5.56 Å². The summed E-state index contributed by atoms with van der Waals surface area (Å²) in [5, 5.41) is 4.40. The smallest absolute Gasteiger partial charge is 0.328 e. The van der Waals surface area contributed by atoms with E-state index in [0.29, 0.717) is 6.42 Å². The number of nitrogens with one attached hydrogen (secondary N) is 2. The second-order valence-corrected chi connectivity index (χ2v) is 8.78. The topological polar surface area (TPSA) is 105 Å². The molecule has 4 amide bonds. The second kappa shape index (κ2) is 10.1. The lowest BCUT2D eigenvalue weighted by Crippen LogP contribution is -2.63. The first-order valence-corrected chi connectivity index (χ1v) is 11.5. The average molecular weight is 468 g/mol. The Balaban J connectivity index is 0.000000191. The van der Waals surface area contributed by atoms with Crippen LogP contribution in [-0.4, -0.2) is 41.3 Å². The van der Waals surface area contributed by atoms with Crippen LogP contribution in [0.15, 0.2) is 46.8 Å². The molecule has 1 aromatic heterocycles. The maximum Gasteiger partial charge on any atom is 0.328 e. The Morgan fingerprint density at radius 3 is 2.09 bits per heavy atom. The lowest BCUT2D eigenvalue weighted by atomic mass is 9.71. The molecule has 0 bridgehead atoms. The highest BCUT2D eigenvalue weighted by Crippen LogP contribution is 2.39. The van der Waals surface area contributed by atoms with E-state index in [4.69, 9.17) is 0 Å². The lowest BCUT2D eigenvalue weighted by Gasteiger charge is -2.36. The number of para-hydroxylation sites is 1. The van der Waals surface area contributed by atoms with Crippen molar-refractivity contribution in [3.63, 3.8) is 0 Å². The molecule has 9 heteroatoms. The Morgan fingerprint density at radius 2 is 1.62 bits per heavy atom. The fourth-order valence-corrected chi connectivity index (χ4v) is 4.69. The fourth-order valence-electron chi connectivity index (χ4n) is 4.69. The van der Waals surface area contributed by atoms with Crippen LogP contribution in [0.4, 0.5) is 10.5 Å². The normalized spacial score (nSPS) is 17.2. The maximum absolute atomic E-state index is 12.4. The highest BCUT2D eigenvalue weighted by atomic mass is 16.2. The molecule has 182 valence electrons. The van der Waals surface area contributed by atoms with Gasteiger partial charge in [-0.05, 0) is 56.7 Å². The van der Waals surface area contributed by atoms with Crippen molar-refractivity contribution in [2.75, 3.05) is 19.0 Å². The molecule has 0 radical (unpaired) electrons. The number of benzene rings is 1. The molecular formula is C25H33N5O4. The number of carbonyl (C=O) groups is 3. The molecule has 0 spiro atoms. The van der Waals surface area contributed by atoms with Crippen LogP contribution < -0.4 is 21.1 Å². The van der Waals surface area contributed by atoms with E-state index < -0.39 is 23.3 Å². The predicted molar refractivity (Wildman–Crippen MR) is 131 cm³/mol. The Hall–Kier alpha value is -3.62. The van der Waals surface area contributed by atoms with Crippen LogP contribution in [0.5, 0.6) is 0 Å². The Morgan fingerprint density at radius 1 is 1.00 bits per heavy atom. The first-order valence-electron chi connectivity index (χ1n) is 11.5. The number of anilines is 1. The summed E-state index contributed by atoms with van der Waals surface area (Å²) in [6, 6.07) is 8.94. The van der Waals surface area contributed by atoms with Crippen LogP contribution in [0.3, 0.4) is 0 Å². The monoisotopic (exact) mass is 467 g/mol. The summed E-state index contributed by atoms with van der Waals surface area (Å²) in [6.45, 7) is 3.75. The van der Waals surface area contributed by atoms with Gasteiger partial charge in [-0.15, -0.1) is 0 Å². The predicted octanol–water partition coefficient (Wildman–Crippen LogP) is 2.80. The lowest BCUT2D eigenvalue weighted by molar-refractivity contribution is -0.142. The third kappa shape index (κ3) is 4.42. The van der Waals surface area contributed by atoms with E-state index in [9.17, 15) is 19.2 Å². The molecule has 0 atom stereocenters. The van der Waals surface area contributed by atoms with Crippen molar-refractivity contribution in [2.24, 2.45) is 12.5 Å². The molecule has 34 heavy (non-hydrogen) atoms. The minimum absolute atomic E-state index is 0.0150. The number of barbiturate groups is 1. The van der Waals surface area contributed by atoms with Crippen molar-refractivity contribution < 1.29 is 14.4 Å². The Kier molecular flexibility index (Phi) is 7.44. The van der Waals surface area contributed by atoms with E-state index in [1.807, 2.05) is 74.1 Å². The summed E-state index contributed by atoms with van der Waals surface area (Å²) in [5.41, 5.74) is 2.28. The molecule has 1 aliphatic carbocycles. The molecule has 0 unspecified atom stereocenters. The highest BCUT2D eigenvalue weighted by molar-refractivity contribution is 6.21. The molecule has 1 fully saturated rings. The van der Waals surface area contributed by atoms with Gasteiger partial charge in [0.2, 0.25) is 11.8 Å². The van der Waals surface area contributed by atoms with E-state index in [2.05, 4.69) is 10.6 Å². The minimum atomic E-state index is -1.17. The van der Waals surface area contributed by atoms with Crippen molar-refractivity contribution in [1.29, 1.82) is 0 Å². The second-order valence-electron chi connectivity index (χ2n) is 8.78. The SMILES string of the molecule is CCC1(C2=CCCCC2)C(=O)NC(=O)NC1=O.Cc1c(N(C)C)c(=O)n(-c2ccccc2)n1C. The van der Waals surface area contributed by atoms with Crippen LogP contribution in [-0.2, 0) is 16.6 Å². The van der Waals surface area contributed by atoms with E-state index in [1.165, 1.54) is 0 Å². The molecule has 2 heterocycles. The molecule has 2 aliphatic rings. The largest absolute Gasteiger partial charge is 0.372 e. The van der Waals surface area contributed by atoms with Gasteiger partial charge in [-0.25, -0.2) is 9.48 Å². The van der Waals surface area contributed by atoms with E-state index >= 15 is 0 Å². The summed E-state index contributed by atoms with van der Waals surface area (Å²) < 4.78 is 3.57. The molecule has 1 aliphatic heterocycles. The number of nitrogens with zero attached hydrogens (tertiary/aromatic N) is 3. The van der Waals surface area contributed by atoms with Gasteiger partial charge in [0.15, 0.2) is 0 Å². The zero-order valence-electron chi connectivity index (χ0n) is 20.5. The summed E-state index contributed by atoms with van der Waals surface area (Å²) in [4.78, 5) is 49.4. The summed E-state index contributed by atoms with van der Waals surface area (Å²) >= 11 is 0. The summed E-state index contributed by atoms with van der Waals surface area (Å²) in [7, 11) is 5.68. The third-order valence-electron chi connectivity index (χ3n) is 6.57. The van der Waals surface area contributed by atoms with E-state index in [0.717, 1.165) is 48.3 Å². The van der Waals surface area contributed by atoms with Gasteiger partial charge in [0.05, 0.1) is 11.4 Å². The van der Waals surface area contributed by atoms with Crippen LogP contribution in [0.1, 0.15) is 44.7 Å². The van der Waals surface area contributed by atoms with Gasteiger partial charge in [0.25, 0.3) is 5.56 Å². The number of hydrogen-bond acceptors (Lipinski definition) is 5. The van der Waals surface area contributed by atoms with Crippen molar-refractivity contribution in [2.45, 2.75) is 46.0 Å². The van der Waals surface area contributed by atoms with Crippen molar-refractivity contribution in [3.8, 4) is 5.69 Å². The molecular weight excluding hydrogens is 434 g/mol. The Labute approximate surface area is 199 Å². The molecule has 9 nitrogen and oxygen atoms in total. The quantitative estimate of drug-likeness (QED) is 0.531. The number of carbonyl (C=O) groups excluding carboxylic acids is 3. The molecule has 2 aromatic rings. The Bertz CT molecular complexity index is 1150. The first kappa shape index (κ1) is 25.0. The number of allylic oxidation sites excluding steroid dienone is 1. The number of imide groups is 2. The van der Waals surface area contributed by atoms with Gasteiger partial charge in [0.1, 0.15) is 11.1 Å². The zero-order valence-corrected chi connectivity index (χ0v) is 20.5.